The third-order valence-electron chi connectivity index (χ3n) is 8.28. The second-order valence-corrected chi connectivity index (χ2v) is 11.3. The molecule has 0 spiro atoms. The largest absolute Gasteiger partial charge is 0.480 e. The van der Waals surface area contributed by atoms with Gasteiger partial charge in [-0.15, -0.1) is 0 Å². The first-order chi connectivity index (χ1) is 21.6. The minimum absolute atomic E-state index is 0.0902. The molecule has 220 valence electrons. The molecule has 5 aromatic carbocycles. The predicted octanol–water partition coefficient (Wildman–Crippen LogP) is 8.40. The number of ether oxygens (including phenoxy) is 1. The molecule has 44 heavy (non-hydrogen) atoms. The van der Waals surface area contributed by atoms with Crippen LogP contribution in [0.5, 0.6) is 0 Å². The van der Waals surface area contributed by atoms with Crippen LogP contribution in [0.25, 0.3) is 11.1 Å². The number of carbonyl (C=O) groups excluding carboxylic acids is 1. The van der Waals surface area contributed by atoms with E-state index in [0.29, 0.717) is 11.4 Å². The summed E-state index contributed by atoms with van der Waals surface area (Å²) in [5.74, 6) is -1.08. The number of aliphatic carboxylic acids is 1. The van der Waals surface area contributed by atoms with Crippen LogP contribution in [0.15, 0.2) is 133 Å². The molecular formula is C38H33NO4S. The standard InChI is InChI=1S/C38H33NO4S/c40-37(41)35(22-23-44)39(38(42)43-25-34-32-20-9-7-18-30(32)31-19-8-10-21-33(31)34)29-17-11-16-28(24-29)36(26-12-3-1-4-13-26)27-14-5-2-6-15-27/h1-21,24,34-36,44H,22-23,25H2,(H,40,41)/t35-/m0/s1. The molecule has 5 aromatic rings. The average molecular weight is 600 g/mol. The van der Waals surface area contributed by atoms with Gasteiger partial charge >= 0.3 is 12.1 Å². The third-order valence-corrected chi connectivity index (χ3v) is 8.54. The maximum absolute atomic E-state index is 14.0. The van der Waals surface area contributed by atoms with Crippen molar-refractivity contribution in [1.82, 2.24) is 0 Å². The van der Waals surface area contributed by atoms with E-state index < -0.39 is 18.1 Å². The molecule has 1 aliphatic rings. The molecule has 0 aromatic heterocycles. The first-order valence-corrected chi connectivity index (χ1v) is 15.4. The highest BCUT2D eigenvalue weighted by atomic mass is 32.1. The Hall–Kier alpha value is -4.81. The number of carboxylic acids is 1. The SMILES string of the molecule is O=C(O)[C@H](CCS)N(C(=O)OCC1c2ccccc2-c2ccccc21)c1cccc(C(c2ccccc2)c2ccccc2)c1. The van der Waals surface area contributed by atoms with Gasteiger partial charge in [0, 0.05) is 17.5 Å². The van der Waals surface area contributed by atoms with E-state index in [1.54, 1.807) is 6.07 Å². The molecule has 0 heterocycles. The maximum atomic E-state index is 14.0. The molecule has 1 atom stereocenters. The topological polar surface area (TPSA) is 66.8 Å². The minimum atomic E-state index is -1.15. The van der Waals surface area contributed by atoms with Crippen molar-refractivity contribution in [1.29, 1.82) is 0 Å². The van der Waals surface area contributed by atoms with Gasteiger partial charge in [0.15, 0.2) is 0 Å². The second kappa shape index (κ2) is 13.2. The molecule has 1 aliphatic carbocycles. The van der Waals surface area contributed by atoms with Crippen LogP contribution in [0, 0.1) is 0 Å². The zero-order valence-electron chi connectivity index (χ0n) is 24.1. The van der Waals surface area contributed by atoms with Crippen LogP contribution < -0.4 is 4.90 Å². The number of nitrogens with zero attached hydrogens (tertiary/aromatic N) is 1. The second-order valence-electron chi connectivity index (χ2n) is 10.9. The number of carboxylic acid groups (broad SMARTS) is 1. The smallest absolute Gasteiger partial charge is 0.415 e. The fourth-order valence-electron chi connectivity index (χ4n) is 6.28. The Morgan fingerprint density at radius 3 is 1.77 bits per heavy atom. The van der Waals surface area contributed by atoms with E-state index in [0.717, 1.165) is 38.9 Å². The summed E-state index contributed by atoms with van der Waals surface area (Å²) in [6.45, 7) is 0.0902. The Morgan fingerprint density at radius 2 is 1.23 bits per heavy atom. The van der Waals surface area contributed by atoms with Gasteiger partial charge in [-0.1, -0.05) is 121 Å². The molecule has 1 N–H and O–H groups in total. The summed E-state index contributed by atoms with van der Waals surface area (Å²) in [6, 6.07) is 43.0. The van der Waals surface area contributed by atoms with Crippen molar-refractivity contribution < 1.29 is 19.4 Å². The summed E-state index contributed by atoms with van der Waals surface area (Å²) in [7, 11) is 0. The molecule has 5 nitrogen and oxygen atoms in total. The lowest BCUT2D eigenvalue weighted by Crippen LogP contribution is -2.46. The van der Waals surface area contributed by atoms with Crippen molar-refractivity contribution in [3.63, 3.8) is 0 Å². The Labute approximate surface area is 263 Å². The number of fused-ring (bicyclic) bond motifs is 3. The summed E-state index contributed by atoms with van der Waals surface area (Å²) >= 11 is 4.32. The fourth-order valence-corrected chi connectivity index (χ4v) is 6.53. The van der Waals surface area contributed by atoms with Gasteiger partial charge in [0.05, 0.1) is 0 Å². The molecule has 6 heteroatoms. The Morgan fingerprint density at radius 1 is 0.705 bits per heavy atom. The number of amides is 1. The summed E-state index contributed by atoms with van der Waals surface area (Å²) in [4.78, 5) is 27.8. The van der Waals surface area contributed by atoms with Crippen molar-refractivity contribution in [2.45, 2.75) is 24.3 Å². The number of rotatable bonds is 10. The van der Waals surface area contributed by atoms with Crippen LogP contribution >= 0.6 is 12.6 Å². The van der Waals surface area contributed by atoms with Crippen molar-refractivity contribution in [2.75, 3.05) is 17.3 Å². The Kier molecular flexibility index (Phi) is 8.80. The van der Waals surface area contributed by atoms with E-state index >= 15 is 0 Å². The Bertz CT molecular complexity index is 1670. The highest BCUT2D eigenvalue weighted by Gasteiger charge is 2.35. The number of hydrogen-bond acceptors (Lipinski definition) is 4. The summed E-state index contributed by atoms with van der Waals surface area (Å²) in [6.07, 6.45) is -0.539. The lowest BCUT2D eigenvalue weighted by molar-refractivity contribution is -0.138. The third kappa shape index (κ3) is 5.86. The van der Waals surface area contributed by atoms with Gasteiger partial charge in [-0.2, -0.15) is 12.6 Å². The molecule has 0 radical (unpaired) electrons. The highest BCUT2D eigenvalue weighted by Crippen LogP contribution is 2.44. The van der Waals surface area contributed by atoms with Crippen molar-refractivity contribution >= 4 is 30.4 Å². The van der Waals surface area contributed by atoms with Crippen LogP contribution in [-0.2, 0) is 9.53 Å². The monoisotopic (exact) mass is 599 g/mol. The van der Waals surface area contributed by atoms with Gasteiger partial charge in [0.2, 0.25) is 0 Å². The van der Waals surface area contributed by atoms with Crippen molar-refractivity contribution in [2.24, 2.45) is 0 Å². The van der Waals surface area contributed by atoms with E-state index in [9.17, 15) is 14.7 Å². The van der Waals surface area contributed by atoms with Gasteiger partial charge in [-0.05, 0) is 63.3 Å². The molecule has 0 aliphatic heterocycles. The Balaban J connectivity index is 1.36. The molecule has 0 bridgehead atoms. The maximum Gasteiger partial charge on any atom is 0.415 e. The van der Waals surface area contributed by atoms with Crippen molar-refractivity contribution in [3.05, 3.63) is 161 Å². The van der Waals surface area contributed by atoms with Crippen LogP contribution in [0.2, 0.25) is 0 Å². The lowest BCUT2D eigenvalue weighted by atomic mass is 9.85. The highest BCUT2D eigenvalue weighted by molar-refractivity contribution is 7.80. The molecule has 6 rings (SSSR count). The molecule has 0 saturated carbocycles. The number of carbonyl (C=O) groups is 2. The van der Waals surface area contributed by atoms with E-state index in [1.165, 1.54) is 4.90 Å². The molecular weight excluding hydrogens is 566 g/mol. The van der Waals surface area contributed by atoms with Crippen LogP contribution in [0.4, 0.5) is 10.5 Å². The van der Waals surface area contributed by atoms with Crippen molar-refractivity contribution in [3.8, 4) is 11.1 Å². The van der Waals surface area contributed by atoms with Gasteiger partial charge in [0.1, 0.15) is 12.6 Å². The number of anilines is 1. The van der Waals surface area contributed by atoms with Crippen LogP contribution in [0.1, 0.15) is 46.1 Å². The summed E-state index contributed by atoms with van der Waals surface area (Å²) in [5, 5.41) is 10.3. The van der Waals surface area contributed by atoms with E-state index in [1.807, 2.05) is 78.9 Å². The number of hydrogen-bond donors (Lipinski definition) is 2. The minimum Gasteiger partial charge on any atom is -0.480 e. The van der Waals surface area contributed by atoms with Crippen LogP contribution in [0.3, 0.4) is 0 Å². The molecule has 0 saturated heterocycles. The number of thiol groups is 1. The average Bonchev–Trinajstić information content (AvgIpc) is 3.38. The van der Waals surface area contributed by atoms with Crippen LogP contribution in [-0.4, -0.2) is 35.6 Å². The van der Waals surface area contributed by atoms with Gasteiger partial charge < -0.3 is 9.84 Å². The molecule has 0 unspecified atom stereocenters. The summed E-state index contributed by atoms with van der Waals surface area (Å²) < 4.78 is 6.00. The fraction of sp³-hybridized carbons (Fsp3) is 0.158. The predicted molar refractivity (Wildman–Crippen MR) is 178 cm³/mol. The van der Waals surface area contributed by atoms with E-state index in [2.05, 4.69) is 61.2 Å². The first-order valence-electron chi connectivity index (χ1n) is 14.7. The summed E-state index contributed by atoms with van der Waals surface area (Å²) in [5.41, 5.74) is 8.02. The van der Waals surface area contributed by atoms with E-state index in [4.69, 9.17) is 4.74 Å². The van der Waals surface area contributed by atoms with E-state index in [-0.39, 0.29) is 24.9 Å². The zero-order valence-corrected chi connectivity index (χ0v) is 25.0. The molecule has 0 fully saturated rings. The zero-order chi connectivity index (χ0) is 30.5. The molecule has 1 amide bonds. The normalized spacial score (nSPS) is 12.8. The first kappa shape index (κ1) is 29.3. The van der Waals surface area contributed by atoms with Gasteiger partial charge in [-0.25, -0.2) is 9.59 Å². The van der Waals surface area contributed by atoms with Gasteiger partial charge in [0.25, 0.3) is 0 Å². The van der Waals surface area contributed by atoms with Gasteiger partial charge in [-0.3, -0.25) is 4.90 Å². The lowest BCUT2D eigenvalue weighted by Gasteiger charge is -2.30. The number of benzene rings is 5. The quantitative estimate of drug-likeness (QED) is 0.125.